The number of hydrogen-bond donors (Lipinski definition) is 3. The third-order valence-electron chi connectivity index (χ3n) is 5.46. The highest BCUT2D eigenvalue weighted by Crippen LogP contribution is 2.37. The first-order valence-electron chi connectivity index (χ1n) is 9.36. The predicted molar refractivity (Wildman–Crippen MR) is 106 cm³/mol. The number of aromatic nitrogens is 1. The van der Waals surface area contributed by atoms with E-state index in [1.54, 1.807) is 13.3 Å². The van der Waals surface area contributed by atoms with Crippen molar-refractivity contribution in [2.45, 2.75) is 32.5 Å². The average molecular weight is 400 g/mol. The summed E-state index contributed by atoms with van der Waals surface area (Å²) >= 11 is 0. The second-order valence-electron chi connectivity index (χ2n) is 7.26. The molecule has 2 aliphatic rings. The fourth-order valence-corrected chi connectivity index (χ4v) is 4.11. The highest BCUT2D eigenvalue weighted by molar-refractivity contribution is 5.88. The smallest absolute Gasteiger partial charge is 0.224 e. The Labute approximate surface area is 167 Å². The van der Waals surface area contributed by atoms with Gasteiger partial charge in [-0.2, -0.15) is 0 Å². The number of nitrogens with zero attached hydrogens (tertiary/aromatic N) is 1. The molecule has 6 nitrogen and oxygen atoms in total. The van der Waals surface area contributed by atoms with Gasteiger partial charge in [-0.25, -0.2) is 8.78 Å². The number of rotatable bonds is 4. The Morgan fingerprint density at radius 3 is 2.86 bits per heavy atom. The number of pyridine rings is 1. The number of nitrogens with one attached hydrogen (secondary N) is 3. The third kappa shape index (κ3) is 3.44. The van der Waals surface area contributed by atoms with Gasteiger partial charge in [-0.3, -0.25) is 9.78 Å². The number of anilines is 2. The Bertz CT molecular complexity index is 1020. The molecule has 3 heterocycles. The molecule has 0 bridgehead atoms. The highest BCUT2D eigenvalue weighted by atomic mass is 19.1. The van der Waals surface area contributed by atoms with Gasteiger partial charge in [0.25, 0.3) is 0 Å². The normalized spacial score (nSPS) is 19.9. The monoisotopic (exact) mass is 400 g/mol. The Hall–Kier alpha value is -3.00. The van der Waals surface area contributed by atoms with E-state index in [0.717, 1.165) is 34.2 Å². The maximum Gasteiger partial charge on any atom is 0.224 e. The molecular weight excluding hydrogens is 378 g/mol. The number of carbonyl (C=O) groups excluding carboxylic acids is 1. The lowest BCUT2D eigenvalue weighted by Crippen LogP contribution is -2.35. The lowest BCUT2D eigenvalue weighted by molar-refractivity contribution is -0.121. The molecule has 0 saturated carbocycles. The molecule has 0 saturated heterocycles. The van der Waals surface area contributed by atoms with Crippen LogP contribution in [0, 0.1) is 18.6 Å². The van der Waals surface area contributed by atoms with Crippen LogP contribution in [0.5, 0.6) is 0 Å². The first-order valence-corrected chi connectivity index (χ1v) is 9.36. The maximum absolute atomic E-state index is 14.2. The lowest BCUT2D eigenvalue weighted by Gasteiger charge is -2.31. The molecule has 2 aliphatic heterocycles. The lowest BCUT2D eigenvalue weighted by atomic mass is 9.91. The van der Waals surface area contributed by atoms with E-state index in [4.69, 9.17) is 4.74 Å². The number of aryl methyl sites for hydroxylation is 1. The number of hydrogen-bond acceptors (Lipinski definition) is 5. The van der Waals surface area contributed by atoms with Crippen molar-refractivity contribution in [3.05, 3.63) is 58.4 Å². The van der Waals surface area contributed by atoms with E-state index in [9.17, 15) is 13.6 Å². The van der Waals surface area contributed by atoms with Crippen LogP contribution in [0.4, 0.5) is 20.2 Å². The van der Waals surface area contributed by atoms with Gasteiger partial charge >= 0.3 is 0 Å². The Kier molecular flexibility index (Phi) is 4.96. The molecule has 29 heavy (non-hydrogen) atoms. The van der Waals surface area contributed by atoms with E-state index in [-0.39, 0.29) is 17.9 Å². The number of halogens is 2. The molecule has 0 spiro atoms. The third-order valence-corrected chi connectivity index (χ3v) is 5.46. The molecule has 0 radical (unpaired) electrons. The van der Waals surface area contributed by atoms with Gasteiger partial charge in [-0.1, -0.05) is 0 Å². The van der Waals surface area contributed by atoms with E-state index in [0.29, 0.717) is 12.2 Å². The van der Waals surface area contributed by atoms with Crippen LogP contribution in [0.2, 0.25) is 0 Å². The van der Waals surface area contributed by atoms with Gasteiger partial charge in [-0.05, 0) is 37.1 Å². The zero-order valence-electron chi connectivity index (χ0n) is 16.4. The van der Waals surface area contributed by atoms with Crippen molar-refractivity contribution in [2.24, 2.45) is 0 Å². The highest BCUT2D eigenvalue weighted by Gasteiger charge is 2.31. The van der Waals surface area contributed by atoms with E-state index in [1.165, 1.54) is 6.07 Å². The van der Waals surface area contributed by atoms with Crippen LogP contribution in [0.25, 0.3) is 5.57 Å². The Morgan fingerprint density at radius 1 is 1.31 bits per heavy atom. The maximum atomic E-state index is 14.2. The van der Waals surface area contributed by atoms with E-state index >= 15 is 0 Å². The van der Waals surface area contributed by atoms with Crippen LogP contribution >= 0.6 is 0 Å². The summed E-state index contributed by atoms with van der Waals surface area (Å²) in [6.07, 6.45) is 1.36. The van der Waals surface area contributed by atoms with Gasteiger partial charge in [0.05, 0.1) is 12.5 Å². The van der Waals surface area contributed by atoms with Crippen molar-refractivity contribution < 1.29 is 18.3 Å². The largest absolute Gasteiger partial charge is 0.382 e. The van der Waals surface area contributed by atoms with Crippen LogP contribution in [0.15, 0.2) is 30.0 Å². The van der Waals surface area contributed by atoms with Crippen LogP contribution in [-0.2, 0) is 9.53 Å². The number of benzene rings is 1. The summed E-state index contributed by atoms with van der Waals surface area (Å²) in [7, 11) is 1.57. The summed E-state index contributed by atoms with van der Waals surface area (Å²) in [5, 5.41) is 9.07. The Morgan fingerprint density at radius 2 is 2.10 bits per heavy atom. The first kappa shape index (κ1) is 19.3. The minimum absolute atomic E-state index is 0.0831. The van der Waals surface area contributed by atoms with Crippen LogP contribution < -0.4 is 16.0 Å². The minimum atomic E-state index is -0.671. The molecule has 1 amide bonds. The Balaban J connectivity index is 1.57. The summed E-state index contributed by atoms with van der Waals surface area (Å²) < 4.78 is 33.2. The van der Waals surface area contributed by atoms with Crippen molar-refractivity contribution in [3.8, 4) is 0 Å². The van der Waals surface area contributed by atoms with Crippen LogP contribution in [-0.4, -0.2) is 30.8 Å². The van der Waals surface area contributed by atoms with Crippen LogP contribution in [0.1, 0.15) is 36.2 Å². The van der Waals surface area contributed by atoms with E-state index < -0.39 is 23.9 Å². The van der Waals surface area contributed by atoms with Gasteiger partial charge in [0.2, 0.25) is 5.91 Å². The number of carbonyl (C=O) groups is 1. The summed E-state index contributed by atoms with van der Waals surface area (Å²) in [5.41, 5.74) is 5.10. The summed E-state index contributed by atoms with van der Waals surface area (Å²) in [6, 6.07) is 3.37. The van der Waals surface area contributed by atoms with Gasteiger partial charge < -0.3 is 20.7 Å². The summed E-state index contributed by atoms with van der Waals surface area (Å²) in [6.45, 7) is 4.16. The van der Waals surface area contributed by atoms with Crippen molar-refractivity contribution in [1.29, 1.82) is 0 Å². The van der Waals surface area contributed by atoms with Crippen molar-refractivity contribution >= 4 is 22.9 Å². The number of amides is 1. The van der Waals surface area contributed by atoms with Gasteiger partial charge in [0.1, 0.15) is 11.6 Å². The quantitative estimate of drug-likeness (QED) is 0.732. The standard InChI is InChI=1S/C21H22F2N4O2/c1-10-13(21(29-3)27-15-4-5-24-11(2)19(10)15)8-18(28)26-17-9-25-16-7-12(22)6-14(23)20(16)17/h4-7,17,21,25,27H,8-9H2,1-3H3,(H,26,28)/t17-,21?/m1/s1. The fraction of sp³-hybridized carbons (Fsp3) is 0.333. The number of methoxy groups -OCH3 is 1. The topological polar surface area (TPSA) is 75.3 Å². The van der Waals surface area contributed by atoms with Crippen molar-refractivity contribution in [3.63, 3.8) is 0 Å². The second-order valence-corrected chi connectivity index (χ2v) is 7.26. The van der Waals surface area contributed by atoms with Crippen LogP contribution in [0.3, 0.4) is 0 Å². The molecule has 1 aromatic heterocycles. The molecule has 152 valence electrons. The first-order chi connectivity index (χ1) is 13.9. The van der Waals surface area contributed by atoms with Crippen molar-refractivity contribution in [1.82, 2.24) is 10.3 Å². The number of ether oxygens (including phenoxy) is 1. The zero-order chi connectivity index (χ0) is 20.7. The second kappa shape index (κ2) is 7.44. The molecule has 1 aromatic carbocycles. The minimum Gasteiger partial charge on any atom is -0.382 e. The SMILES string of the molecule is COC1Nc2ccnc(C)c2C(C)=C1CC(=O)N[C@@H]1CNc2cc(F)cc(F)c21. The summed E-state index contributed by atoms with van der Waals surface area (Å²) in [4.78, 5) is 17.1. The fourth-order valence-electron chi connectivity index (χ4n) is 4.11. The predicted octanol–water partition coefficient (Wildman–Crippen LogP) is 3.51. The average Bonchev–Trinajstić information content (AvgIpc) is 3.06. The number of fused-ring (bicyclic) bond motifs is 2. The van der Waals surface area contributed by atoms with E-state index in [1.807, 2.05) is 19.9 Å². The van der Waals surface area contributed by atoms with Crippen molar-refractivity contribution in [2.75, 3.05) is 24.3 Å². The molecule has 2 atom stereocenters. The number of allylic oxidation sites excluding steroid dienone is 1. The molecule has 1 unspecified atom stereocenters. The molecule has 0 aliphatic carbocycles. The van der Waals surface area contributed by atoms with Gasteiger partial charge in [0.15, 0.2) is 6.23 Å². The zero-order valence-corrected chi connectivity index (χ0v) is 16.4. The van der Waals surface area contributed by atoms with Gasteiger partial charge in [0, 0.05) is 54.1 Å². The summed E-state index contributed by atoms with van der Waals surface area (Å²) in [5.74, 6) is -1.59. The molecular formula is C21H22F2N4O2. The molecule has 3 N–H and O–H groups in total. The van der Waals surface area contributed by atoms with Gasteiger partial charge in [-0.15, -0.1) is 0 Å². The molecule has 0 fully saturated rings. The molecule has 2 aromatic rings. The van der Waals surface area contributed by atoms with E-state index in [2.05, 4.69) is 20.9 Å². The molecule has 4 rings (SSSR count). The molecule has 8 heteroatoms.